The number of hydrogen-bond donors (Lipinski definition) is 0. The number of hydrogen-bond acceptors (Lipinski definition) is 6. The number of allylic oxidation sites excluding steroid dienone is 12. The number of esters is 3. The Balaban J connectivity index is 4.26. The van der Waals surface area contributed by atoms with Crippen LogP contribution >= 0.6 is 0 Å². The second kappa shape index (κ2) is 69.3. The molecule has 0 heterocycles. The smallest absolute Gasteiger partial charge is 0.306 e. The van der Waals surface area contributed by atoms with Crippen molar-refractivity contribution in [2.24, 2.45) is 0 Å². The average Bonchev–Trinajstić information content (AvgIpc) is 3.46. The summed E-state index contributed by atoms with van der Waals surface area (Å²) in [5.41, 5.74) is 0. The first-order valence-corrected chi connectivity index (χ1v) is 35.4. The summed E-state index contributed by atoms with van der Waals surface area (Å²) in [6.45, 7) is 6.58. The van der Waals surface area contributed by atoms with Gasteiger partial charge in [-0.3, -0.25) is 14.4 Å². The van der Waals surface area contributed by atoms with Gasteiger partial charge in [0.15, 0.2) is 6.10 Å². The van der Waals surface area contributed by atoms with Crippen LogP contribution in [-0.4, -0.2) is 37.2 Å². The molecule has 1 atom stereocenters. The van der Waals surface area contributed by atoms with Gasteiger partial charge in [-0.25, -0.2) is 0 Å². The average molecular weight is 1130 g/mol. The van der Waals surface area contributed by atoms with Gasteiger partial charge in [0.2, 0.25) is 0 Å². The standard InChI is InChI=1S/C75H134O6/c1-4-7-10-13-16-19-22-25-27-29-31-33-35-36-37-38-40-41-43-45-47-50-53-56-59-62-65-68-74(77)80-71-72(70-79-73(76)67-64-61-58-55-52-49-24-21-18-15-12-9-6-3)81-75(78)69-66-63-60-57-54-51-48-46-44-42-39-34-32-30-28-26-23-20-17-14-11-8-5-2/h7,10,16,19,25,27,30-33,36-37,72H,4-6,8-9,11-15,17-18,20-24,26,28-29,34-35,38-71H2,1-3H3/b10-7-,19-16-,27-25-,32-30-,33-31-,37-36-. The molecule has 0 aliphatic heterocycles. The summed E-state index contributed by atoms with van der Waals surface area (Å²) in [5, 5.41) is 0. The van der Waals surface area contributed by atoms with E-state index in [2.05, 4.69) is 93.7 Å². The van der Waals surface area contributed by atoms with Crippen LogP contribution in [0.3, 0.4) is 0 Å². The van der Waals surface area contributed by atoms with Crippen LogP contribution in [0.15, 0.2) is 72.9 Å². The molecule has 0 fully saturated rings. The molecule has 6 heteroatoms. The minimum Gasteiger partial charge on any atom is -0.462 e. The van der Waals surface area contributed by atoms with Crippen molar-refractivity contribution in [2.45, 2.75) is 374 Å². The monoisotopic (exact) mass is 1130 g/mol. The maximum Gasteiger partial charge on any atom is 0.306 e. The van der Waals surface area contributed by atoms with E-state index in [4.69, 9.17) is 14.2 Å². The van der Waals surface area contributed by atoms with Gasteiger partial charge in [-0.1, -0.05) is 331 Å². The summed E-state index contributed by atoms with van der Waals surface area (Å²) >= 11 is 0. The zero-order valence-corrected chi connectivity index (χ0v) is 54.1. The third-order valence-corrected chi connectivity index (χ3v) is 15.7. The van der Waals surface area contributed by atoms with Crippen molar-refractivity contribution in [1.82, 2.24) is 0 Å². The molecule has 0 saturated heterocycles. The Kier molecular flexibility index (Phi) is 66.6. The van der Waals surface area contributed by atoms with Crippen molar-refractivity contribution < 1.29 is 28.6 Å². The van der Waals surface area contributed by atoms with Gasteiger partial charge in [-0.15, -0.1) is 0 Å². The van der Waals surface area contributed by atoms with E-state index in [9.17, 15) is 14.4 Å². The van der Waals surface area contributed by atoms with Crippen LogP contribution in [0.25, 0.3) is 0 Å². The molecule has 0 N–H and O–H groups in total. The fourth-order valence-electron chi connectivity index (χ4n) is 10.4. The lowest BCUT2D eigenvalue weighted by Gasteiger charge is -2.18. The Morgan fingerprint density at radius 3 is 0.765 bits per heavy atom. The van der Waals surface area contributed by atoms with E-state index in [0.29, 0.717) is 19.3 Å². The van der Waals surface area contributed by atoms with Crippen LogP contribution in [-0.2, 0) is 28.6 Å². The van der Waals surface area contributed by atoms with Crippen LogP contribution in [0.4, 0.5) is 0 Å². The second-order valence-electron chi connectivity index (χ2n) is 23.8. The Bertz CT molecular complexity index is 1490. The SMILES string of the molecule is CC/C=C\C/C=C\C/C=C\C/C=C\C/C=C\CCCCCCCCCCCCCC(=O)OCC(COC(=O)CCCCCCCCCCCCCCC)OC(=O)CCCCCCCCCCCCC/C=C\CCCCCCCCCC. The molecular formula is C75H134O6. The minimum absolute atomic E-state index is 0.0716. The van der Waals surface area contributed by atoms with Crippen LogP contribution in [0.5, 0.6) is 0 Å². The Hall–Kier alpha value is -3.15. The Morgan fingerprint density at radius 1 is 0.259 bits per heavy atom. The van der Waals surface area contributed by atoms with Crippen LogP contribution < -0.4 is 0 Å². The lowest BCUT2D eigenvalue weighted by atomic mass is 10.0. The first kappa shape index (κ1) is 77.9. The number of carbonyl (C=O) groups excluding carboxylic acids is 3. The molecule has 0 aromatic rings. The zero-order valence-electron chi connectivity index (χ0n) is 54.1. The molecule has 0 bridgehead atoms. The number of rotatable bonds is 65. The fraction of sp³-hybridized carbons (Fsp3) is 0.800. The van der Waals surface area contributed by atoms with Gasteiger partial charge >= 0.3 is 17.9 Å². The van der Waals surface area contributed by atoms with Crippen LogP contribution in [0.2, 0.25) is 0 Å². The van der Waals surface area contributed by atoms with Gasteiger partial charge in [-0.2, -0.15) is 0 Å². The predicted molar refractivity (Wildman–Crippen MR) is 353 cm³/mol. The highest BCUT2D eigenvalue weighted by Crippen LogP contribution is 2.18. The molecule has 1 unspecified atom stereocenters. The largest absolute Gasteiger partial charge is 0.462 e. The molecule has 0 aliphatic carbocycles. The van der Waals surface area contributed by atoms with Gasteiger partial charge in [0.05, 0.1) is 0 Å². The predicted octanol–water partition coefficient (Wildman–Crippen LogP) is 24.4. The summed E-state index contributed by atoms with van der Waals surface area (Å²) in [6.07, 6.45) is 90.7. The highest BCUT2D eigenvalue weighted by Gasteiger charge is 2.19. The highest BCUT2D eigenvalue weighted by molar-refractivity contribution is 5.71. The Labute approximate surface area is 503 Å². The van der Waals surface area contributed by atoms with Crippen molar-refractivity contribution in [3.63, 3.8) is 0 Å². The summed E-state index contributed by atoms with van der Waals surface area (Å²) in [7, 11) is 0. The number of unbranched alkanes of at least 4 members (excludes halogenated alkanes) is 42. The molecule has 0 amide bonds. The quantitative estimate of drug-likeness (QED) is 0.0261. The molecule has 0 radical (unpaired) electrons. The molecule has 470 valence electrons. The summed E-state index contributed by atoms with van der Waals surface area (Å²) < 4.78 is 17.0. The molecule has 0 spiro atoms. The van der Waals surface area contributed by atoms with E-state index in [0.717, 1.165) is 89.9 Å². The van der Waals surface area contributed by atoms with E-state index in [1.807, 2.05) is 0 Å². The van der Waals surface area contributed by atoms with Crippen molar-refractivity contribution in [2.75, 3.05) is 13.2 Å². The number of ether oxygens (including phenoxy) is 3. The maximum atomic E-state index is 13.0. The Morgan fingerprint density at radius 2 is 0.481 bits per heavy atom. The molecule has 0 saturated carbocycles. The van der Waals surface area contributed by atoms with Crippen molar-refractivity contribution >= 4 is 17.9 Å². The van der Waals surface area contributed by atoms with Crippen molar-refractivity contribution in [1.29, 1.82) is 0 Å². The van der Waals surface area contributed by atoms with Gasteiger partial charge in [0, 0.05) is 19.3 Å². The third-order valence-electron chi connectivity index (χ3n) is 15.7. The van der Waals surface area contributed by atoms with Crippen LogP contribution in [0.1, 0.15) is 367 Å². The molecule has 0 aliphatic rings. The first-order valence-electron chi connectivity index (χ1n) is 35.4. The van der Waals surface area contributed by atoms with Crippen LogP contribution in [0, 0.1) is 0 Å². The molecular weight excluding hydrogens is 997 g/mol. The van der Waals surface area contributed by atoms with E-state index in [-0.39, 0.29) is 31.1 Å². The minimum atomic E-state index is -0.776. The lowest BCUT2D eigenvalue weighted by molar-refractivity contribution is -0.167. The first-order chi connectivity index (χ1) is 40.0. The summed E-state index contributed by atoms with van der Waals surface area (Å²) in [6, 6.07) is 0. The van der Waals surface area contributed by atoms with E-state index in [1.54, 1.807) is 0 Å². The fourth-order valence-corrected chi connectivity index (χ4v) is 10.4. The van der Waals surface area contributed by atoms with E-state index in [1.165, 1.54) is 238 Å². The molecule has 0 aromatic heterocycles. The summed E-state index contributed by atoms with van der Waals surface area (Å²) in [5.74, 6) is -0.853. The third kappa shape index (κ3) is 67.5. The lowest BCUT2D eigenvalue weighted by Crippen LogP contribution is -2.30. The van der Waals surface area contributed by atoms with Gasteiger partial charge in [-0.05, 0) is 89.9 Å². The topological polar surface area (TPSA) is 78.9 Å². The molecule has 6 nitrogen and oxygen atoms in total. The highest BCUT2D eigenvalue weighted by atomic mass is 16.6. The number of carbonyl (C=O) groups is 3. The van der Waals surface area contributed by atoms with E-state index >= 15 is 0 Å². The zero-order chi connectivity index (χ0) is 58.5. The van der Waals surface area contributed by atoms with Gasteiger partial charge in [0.1, 0.15) is 13.2 Å². The van der Waals surface area contributed by atoms with Crippen molar-refractivity contribution in [3.05, 3.63) is 72.9 Å². The normalized spacial score (nSPS) is 12.5. The van der Waals surface area contributed by atoms with Crippen molar-refractivity contribution in [3.8, 4) is 0 Å². The van der Waals surface area contributed by atoms with Gasteiger partial charge in [0.25, 0.3) is 0 Å². The molecule has 81 heavy (non-hydrogen) atoms. The van der Waals surface area contributed by atoms with E-state index < -0.39 is 6.10 Å². The van der Waals surface area contributed by atoms with Gasteiger partial charge < -0.3 is 14.2 Å². The molecule has 0 rings (SSSR count). The second-order valence-corrected chi connectivity index (χ2v) is 23.8. The summed E-state index contributed by atoms with van der Waals surface area (Å²) in [4.78, 5) is 38.4. The maximum absolute atomic E-state index is 13.0. The molecule has 0 aromatic carbocycles.